The van der Waals surface area contributed by atoms with E-state index in [-0.39, 0.29) is 16.7 Å². The van der Waals surface area contributed by atoms with Gasteiger partial charge in [-0.15, -0.1) is 11.8 Å². The average molecular weight is 448 g/mol. The number of hydrogen-bond acceptors (Lipinski definition) is 5. The van der Waals surface area contributed by atoms with E-state index in [1.165, 1.54) is 0 Å². The zero-order valence-electron chi connectivity index (χ0n) is 17.7. The number of nitrogens with one attached hydrogen (secondary N) is 1. The number of sulfonamides is 1. The molecule has 0 unspecified atom stereocenters. The van der Waals surface area contributed by atoms with E-state index in [1.807, 2.05) is 17.9 Å². The highest BCUT2D eigenvalue weighted by Gasteiger charge is 2.27. The number of nitrogens with zero attached hydrogens (tertiary/aromatic N) is 2. The van der Waals surface area contributed by atoms with Crippen LogP contribution in [0.2, 0.25) is 0 Å². The molecule has 1 aliphatic rings. The SMILES string of the molecule is Cc1ccc(S(=O)(=O)NC[C@H]2CCCN(C(=O)c3cccnc3SC(C)C)C2)cc1. The lowest BCUT2D eigenvalue weighted by Gasteiger charge is -2.33. The van der Waals surface area contributed by atoms with Gasteiger partial charge < -0.3 is 4.90 Å². The van der Waals surface area contributed by atoms with Crippen molar-refractivity contribution in [3.63, 3.8) is 0 Å². The van der Waals surface area contributed by atoms with Crippen LogP contribution in [0.1, 0.15) is 42.6 Å². The van der Waals surface area contributed by atoms with Gasteiger partial charge in [-0.2, -0.15) is 0 Å². The minimum atomic E-state index is -3.55. The molecule has 8 heteroatoms. The molecule has 0 radical (unpaired) electrons. The van der Waals surface area contributed by atoms with Crippen molar-refractivity contribution in [3.05, 3.63) is 53.7 Å². The van der Waals surface area contributed by atoms with Crippen LogP contribution in [0.25, 0.3) is 0 Å². The summed E-state index contributed by atoms with van der Waals surface area (Å²) >= 11 is 1.58. The molecule has 1 aromatic heterocycles. The number of hydrogen-bond donors (Lipinski definition) is 1. The smallest absolute Gasteiger partial charge is 0.256 e. The van der Waals surface area contributed by atoms with Crippen molar-refractivity contribution in [2.75, 3.05) is 19.6 Å². The van der Waals surface area contributed by atoms with Crippen LogP contribution in [-0.4, -0.2) is 49.1 Å². The summed E-state index contributed by atoms with van der Waals surface area (Å²) in [6, 6.07) is 10.4. The molecule has 0 saturated carbocycles. The largest absolute Gasteiger partial charge is 0.338 e. The predicted octanol–water partition coefficient (Wildman–Crippen LogP) is 3.72. The standard InChI is InChI=1S/C22H29N3O3S2/c1-16(2)29-21-20(7-4-12-23-21)22(26)25-13-5-6-18(15-25)14-24-30(27,28)19-10-8-17(3)9-11-19/h4,7-12,16,18,24H,5-6,13-15H2,1-3H3/t18-/m1/s1. The number of carbonyl (C=O) groups excluding carboxylic acids is 1. The monoisotopic (exact) mass is 447 g/mol. The highest BCUT2D eigenvalue weighted by Crippen LogP contribution is 2.27. The van der Waals surface area contributed by atoms with Crippen LogP contribution in [-0.2, 0) is 10.0 Å². The molecular weight excluding hydrogens is 418 g/mol. The molecule has 1 aliphatic heterocycles. The molecular formula is C22H29N3O3S2. The Morgan fingerprint density at radius 3 is 2.70 bits per heavy atom. The first-order chi connectivity index (χ1) is 14.3. The lowest BCUT2D eigenvalue weighted by molar-refractivity contribution is 0.0672. The molecule has 1 amide bonds. The number of piperidine rings is 1. The summed E-state index contributed by atoms with van der Waals surface area (Å²) in [4.78, 5) is 19.6. The molecule has 30 heavy (non-hydrogen) atoms. The maximum atomic E-state index is 13.1. The first kappa shape index (κ1) is 22.8. The van der Waals surface area contributed by atoms with Crippen molar-refractivity contribution in [2.45, 2.75) is 48.8 Å². The Morgan fingerprint density at radius 2 is 2.00 bits per heavy atom. The van der Waals surface area contributed by atoms with E-state index in [0.717, 1.165) is 23.4 Å². The number of likely N-dealkylation sites (tertiary alicyclic amines) is 1. The minimum Gasteiger partial charge on any atom is -0.338 e. The van der Waals surface area contributed by atoms with Gasteiger partial charge in [0.25, 0.3) is 5.91 Å². The van der Waals surface area contributed by atoms with Crippen LogP contribution in [0.5, 0.6) is 0 Å². The van der Waals surface area contributed by atoms with Gasteiger partial charge in [-0.25, -0.2) is 18.1 Å². The number of aryl methyl sites for hydroxylation is 1. The molecule has 6 nitrogen and oxygen atoms in total. The summed E-state index contributed by atoms with van der Waals surface area (Å²) in [6.07, 6.45) is 3.46. The number of pyridine rings is 1. The van der Waals surface area contributed by atoms with Gasteiger partial charge in [-0.1, -0.05) is 31.5 Å². The first-order valence-corrected chi connectivity index (χ1v) is 12.6. The van der Waals surface area contributed by atoms with Crippen LogP contribution in [0, 0.1) is 12.8 Å². The van der Waals surface area contributed by atoms with Crippen LogP contribution in [0.3, 0.4) is 0 Å². The Kier molecular flexibility index (Phi) is 7.55. The molecule has 2 aromatic rings. The zero-order valence-corrected chi connectivity index (χ0v) is 19.3. The maximum absolute atomic E-state index is 13.1. The summed E-state index contributed by atoms with van der Waals surface area (Å²) < 4.78 is 27.9. The normalized spacial score (nSPS) is 17.3. The molecule has 1 saturated heterocycles. The maximum Gasteiger partial charge on any atom is 0.256 e. The molecule has 1 fully saturated rings. The fraction of sp³-hybridized carbons (Fsp3) is 0.455. The molecule has 162 valence electrons. The van der Waals surface area contributed by atoms with Gasteiger partial charge in [0.2, 0.25) is 10.0 Å². The lowest BCUT2D eigenvalue weighted by Crippen LogP contribution is -2.43. The van der Waals surface area contributed by atoms with Crippen LogP contribution in [0.15, 0.2) is 52.5 Å². The van der Waals surface area contributed by atoms with E-state index in [9.17, 15) is 13.2 Å². The predicted molar refractivity (Wildman–Crippen MR) is 120 cm³/mol. The fourth-order valence-electron chi connectivity index (χ4n) is 3.49. The van der Waals surface area contributed by atoms with Crippen molar-refractivity contribution in [2.24, 2.45) is 5.92 Å². The van der Waals surface area contributed by atoms with Gasteiger partial charge in [-0.05, 0) is 49.9 Å². The molecule has 3 rings (SSSR count). The number of thioether (sulfide) groups is 1. The Hall–Kier alpha value is -1.90. The van der Waals surface area contributed by atoms with Crippen LogP contribution < -0.4 is 4.72 Å². The average Bonchev–Trinajstić information content (AvgIpc) is 2.72. The van der Waals surface area contributed by atoms with Crippen molar-refractivity contribution < 1.29 is 13.2 Å². The number of rotatable bonds is 7. The summed E-state index contributed by atoms with van der Waals surface area (Å²) in [6.45, 7) is 7.61. The summed E-state index contributed by atoms with van der Waals surface area (Å²) in [7, 11) is -3.55. The summed E-state index contributed by atoms with van der Waals surface area (Å²) in [5.41, 5.74) is 1.64. The van der Waals surface area contributed by atoms with Crippen LogP contribution in [0.4, 0.5) is 0 Å². The van der Waals surface area contributed by atoms with Crippen molar-refractivity contribution >= 4 is 27.7 Å². The van der Waals surface area contributed by atoms with E-state index in [1.54, 1.807) is 48.3 Å². The second-order valence-corrected chi connectivity index (χ2v) is 11.3. The van der Waals surface area contributed by atoms with Crippen molar-refractivity contribution in [3.8, 4) is 0 Å². The third-order valence-electron chi connectivity index (χ3n) is 5.05. The van der Waals surface area contributed by atoms with E-state index >= 15 is 0 Å². The number of carbonyl (C=O) groups is 1. The number of aromatic nitrogens is 1. The second-order valence-electron chi connectivity index (χ2n) is 7.95. The molecule has 1 aromatic carbocycles. The van der Waals surface area contributed by atoms with Gasteiger partial charge in [0.1, 0.15) is 5.03 Å². The molecule has 0 aliphatic carbocycles. The molecule has 0 bridgehead atoms. The van der Waals surface area contributed by atoms with E-state index in [2.05, 4.69) is 23.6 Å². The number of amides is 1. The van der Waals surface area contributed by atoms with Crippen molar-refractivity contribution in [1.29, 1.82) is 0 Å². The lowest BCUT2D eigenvalue weighted by atomic mass is 9.98. The minimum absolute atomic E-state index is 0.0302. The topological polar surface area (TPSA) is 79.4 Å². The van der Waals surface area contributed by atoms with Gasteiger partial charge in [-0.3, -0.25) is 4.79 Å². The Bertz CT molecular complexity index is 975. The molecule has 2 heterocycles. The van der Waals surface area contributed by atoms with Gasteiger partial charge >= 0.3 is 0 Å². The first-order valence-electron chi connectivity index (χ1n) is 10.2. The third kappa shape index (κ3) is 5.83. The highest BCUT2D eigenvalue weighted by molar-refractivity contribution is 7.99. The summed E-state index contributed by atoms with van der Waals surface area (Å²) in [5.74, 6) is 0.0538. The fourth-order valence-corrected chi connectivity index (χ4v) is 5.45. The van der Waals surface area contributed by atoms with E-state index < -0.39 is 10.0 Å². The Labute approximate surface area is 183 Å². The van der Waals surface area contributed by atoms with Gasteiger partial charge in [0.05, 0.1) is 10.5 Å². The quantitative estimate of drug-likeness (QED) is 0.655. The Morgan fingerprint density at radius 1 is 1.27 bits per heavy atom. The zero-order chi connectivity index (χ0) is 21.7. The van der Waals surface area contributed by atoms with Gasteiger partial charge in [0.15, 0.2) is 0 Å². The highest BCUT2D eigenvalue weighted by atomic mass is 32.2. The third-order valence-corrected chi connectivity index (χ3v) is 7.51. The summed E-state index contributed by atoms with van der Waals surface area (Å²) in [5, 5.41) is 1.08. The molecule has 1 atom stereocenters. The van der Waals surface area contributed by atoms with Crippen LogP contribution >= 0.6 is 11.8 Å². The second kappa shape index (κ2) is 9.94. The molecule has 0 spiro atoms. The van der Waals surface area contributed by atoms with E-state index in [0.29, 0.717) is 30.4 Å². The molecule has 1 N–H and O–H groups in total. The Balaban J connectivity index is 1.64. The van der Waals surface area contributed by atoms with E-state index in [4.69, 9.17) is 0 Å². The number of benzene rings is 1. The van der Waals surface area contributed by atoms with Gasteiger partial charge in [0, 0.05) is 31.1 Å². The van der Waals surface area contributed by atoms with Crippen molar-refractivity contribution in [1.82, 2.24) is 14.6 Å².